The lowest BCUT2D eigenvalue weighted by molar-refractivity contribution is 0.181. The largest absolute Gasteiger partial charge is 0.327 e. The van der Waals surface area contributed by atoms with Crippen LogP contribution in [0.2, 0.25) is 10.0 Å². The van der Waals surface area contributed by atoms with Crippen molar-refractivity contribution in [2.24, 2.45) is 5.73 Å². The summed E-state index contributed by atoms with van der Waals surface area (Å²) in [5.41, 5.74) is 8.74. The van der Waals surface area contributed by atoms with E-state index in [4.69, 9.17) is 28.9 Å². The van der Waals surface area contributed by atoms with Crippen molar-refractivity contribution < 1.29 is 0 Å². The molecule has 1 heterocycles. The Morgan fingerprint density at radius 3 is 2.55 bits per heavy atom. The van der Waals surface area contributed by atoms with E-state index in [1.807, 2.05) is 12.1 Å². The summed E-state index contributed by atoms with van der Waals surface area (Å²) in [5.74, 6) is 0.482. The Kier molecular flexibility index (Phi) is 5.04. The smallest absolute Gasteiger partial charge is 0.0465 e. The summed E-state index contributed by atoms with van der Waals surface area (Å²) in [6.45, 7) is 2.73. The summed E-state index contributed by atoms with van der Waals surface area (Å²) >= 11 is 12.3. The Morgan fingerprint density at radius 2 is 1.82 bits per heavy atom. The molecule has 2 atom stereocenters. The Hall–Kier alpha value is -1.06. The van der Waals surface area contributed by atoms with Gasteiger partial charge in [-0.25, -0.2) is 0 Å². The number of rotatable bonds is 3. The van der Waals surface area contributed by atoms with Crippen LogP contribution in [0, 0.1) is 0 Å². The molecule has 1 aliphatic heterocycles. The Bertz CT molecular complexity index is 630. The first-order chi connectivity index (χ1) is 10.6. The molecule has 4 heteroatoms. The lowest BCUT2D eigenvalue weighted by atomic mass is 9.88. The van der Waals surface area contributed by atoms with E-state index in [1.54, 1.807) is 6.07 Å². The van der Waals surface area contributed by atoms with Crippen molar-refractivity contribution in [2.75, 3.05) is 13.1 Å². The molecule has 0 aliphatic carbocycles. The lowest BCUT2D eigenvalue weighted by Crippen LogP contribution is -2.45. The van der Waals surface area contributed by atoms with Gasteiger partial charge in [0.25, 0.3) is 0 Å². The van der Waals surface area contributed by atoms with Crippen molar-refractivity contribution in [3.63, 3.8) is 0 Å². The van der Waals surface area contributed by atoms with E-state index >= 15 is 0 Å². The maximum absolute atomic E-state index is 6.30. The summed E-state index contributed by atoms with van der Waals surface area (Å²) in [7, 11) is 0. The minimum absolute atomic E-state index is 0.199. The van der Waals surface area contributed by atoms with Gasteiger partial charge in [0.05, 0.1) is 0 Å². The van der Waals surface area contributed by atoms with Crippen molar-refractivity contribution >= 4 is 23.2 Å². The fourth-order valence-electron chi connectivity index (χ4n) is 3.22. The molecule has 2 nitrogen and oxygen atoms in total. The fourth-order valence-corrected chi connectivity index (χ4v) is 3.69. The van der Waals surface area contributed by atoms with Gasteiger partial charge in [-0.2, -0.15) is 0 Å². The predicted molar refractivity (Wildman–Crippen MR) is 93.5 cm³/mol. The molecule has 0 aromatic heterocycles. The van der Waals surface area contributed by atoms with Gasteiger partial charge in [0.2, 0.25) is 0 Å². The number of benzene rings is 2. The Morgan fingerprint density at radius 1 is 1.05 bits per heavy atom. The number of nitrogens with two attached hydrogens (primary N) is 1. The standard InChI is InChI=1S/C18H20Cl2N2/c19-16-7-6-14(18(20)9-16)10-22-11-15(8-17(21)12-22)13-4-2-1-3-5-13/h1-7,9,15,17H,8,10-12,21H2. The molecule has 3 rings (SSSR count). The van der Waals surface area contributed by atoms with Crippen molar-refractivity contribution in [3.8, 4) is 0 Å². The number of nitrogens with zero attached hydrogens (tertiary/aromatic N) is 1. The molecule has 2 unspecified atom stereocenters. The molecule has 0 amide bonds. The summed E-state index contributed by atoms with van der Waals surface area (Å²) in [4.78, 5) is 2.39. The van der Waals surface area contributed by atoms with Crippen LogP contribution in [-0.2, 0) is 6.54 Å². The van der Waals surface area contributed by atoms with Crippen LogP contribution in [0.5, 0.6) is 0 Å². The highest BCUT2D eigenvalue weighted by molar-refractivity contribution is 6.35. The Labute approximate surface area is 141 Å². The molecule has 2 aromatic rings. The highest BCUT2D eigenvalue weighted by atomic mass is 35.5. The van der Waals surface area contributed by atoms with E-state index in [1.165, 1.54) is 5.56 Å². The maximum Gasteiger partial charge on any atom is 0.0465 e. The number of piperidine rings is 1. The van der Waals surface area contributed by atoms with Crippen LogP contribution < -0.4 is 5.73 Å². The van der Waals surface area contributed by atoms with Gasteiger partial charge in [0, 0.05) is 35.7 Å². The van der Waals surface area contributed by atoms with E-state index < -0.39 is 0 Å². The third-order valence-electron chi connectivity index (χ3n) is 4.24. The molecule has 1 aliphatic rings. The second-order valence-electron chi connectivity index (χ2n) is 6.03. The van der Waals surface area contributed by atoms with Gasteiger partial charge < -0.3 is 5.73 Å². The van der Waals surface area contributed by atoms with Crippen LogP contribution >= 0.6 is 23.2 Å². The zero-order valence-corrected chi connectivity index (χ0v) is 13.9. The van der Waals surface area contributed by atoms with Gasteiger partial charge in [0.15, 0.2) is 0 Å². The molecule has 2 N–H and O–H groups in total. The topological polar surface area (TPSA) is 29.3 Å². The minimum Gasteiger partial charge on any atom is -0.327 e. The molecule has 22 heavy (non-hydrogen) atoms. The number of likely N-dealkylation sites (tertiary alicyclic amines) is 1. The van der Waals surface area contributed by atoms with E-state index in [-0.39, 0.29) is 6.04 Å². The maximum atomic E-state index is 6.30. The van der Waals surface area contributed by atoms with Gasteiger partial charge in [-0.3, -0.25) is 4.90 Å². The molecule has 1 fully saturated rings. The van der Waals surface area contributed by atoms with Gasteiger partial charge in [-0.05, 0) is 35.6 Å². The molecule has 0 saturated carbocycles. The van der Waals surface area contributed by atoms with E-state index in [2.05, 4.69) is 35.2 Å². The first-order valence-electron chi connectivity index (χ1n) is 7.58. The first kappa shape index (κ1) is 15.8. The summed E-state index contributed by atoms with van der Waals surface area (Å²) in [5, 5.41) is 1.40. The summed E-state index contributed by atoms with van der Waals surface area (Å²) in [6.07, 6.45) is 1.04. The van der Waals surface area contributed by atoms with Crippen LogP contribution in [0.15, 0.2) is 48.5 Å². The second kappa shape index (κ2) is 7.01. The molecular formula is C18H20Cl2N2. The van der Waals surface area contributed by atoms with Crippen molar-refractivity contribution in [1.82, 2.24) is 4.90 Å². The summed E-state index contributed by atoms with van der Waals surface area (Å²) < 4.78 is 0. The SMILES string of the molecule is NC1CC(c2ccccc2)CN(Cc2ccc(Cl)cc2Cl)C1. The lowest BCUT2D eigenvalue weighted by Gasteiger charge is -2.36. The predicted octanol–water partition coefficient (Wildman–Crippen LogP) is 4.31. The van der Waals surface area contributed by atoms with Crippen LogP contribution in [0.3, 0.4) is 0 Å². The molecule has 0 spiro atoms. The average molecular weight is 335 g/mol. The molecule has 0 bridgehead atoms. The van der Waals surface area contributed by atoms with Gasteiger partial charge >= 0.3 is 0 Å². The highest BCUT2D eigenvalue weighted by Crippen LogP contribution is 2.29. The molecule has 2 aromatic carbocycles. The third-order valence-corrected chi connectivity index (χ3v) is 4.83. The van der Waals surface area contributed by atoms with Crippen LogP contribution in [-0.4, -0.2) is 24.0 Å². The van der Waals surface area contributed by atoms with Gasteiger partial charge in [-0.1, -0.05) is 59.6 Å². The quantitative estimate of drug-likeness (QED) is 0.906. The normalized spacial score (nSPS) is 22.7. The van der Waals surface area contributed by atoms with Gasteiger partial charge in [-0.15, -0.1) is 0 Å². The number of hydrogen-bond acceptors (Lipinski definition) is 2. The number of halogens is 2. The monoisotopic (exact) mass is 334 g/mol. The first-order valence-corrected chi connectivity index (χ1v) is 8.34. The van der Waals surface area contributed by atoms with Crippen LogP contribution in [0.1, 0.15) is 23.5 Å². The van der Waals surface area contributed by atoms with E-state index in [9.17, 15) is 0 Å². The minimum atomic E-state index is 0.199. The molecular weight excluding hydrogens is 315 g/mol. The van der Waals surface area contributed by atoms with Crippen LogP contribution in [0.4, 0.5) is 0 Å². The Balaban J connectivity index is 1.73. The van der Waals surface area contributed by atoms with Crippen molar-refractivity contribution in [3.05, 3.63) is 69.7 Å². The number of hydrogen-bond donors (Lipinski definition) is 1. The molecule has 116 valence electrons. The van der Waals surface area contributed by atoms with E-state index in [0.717, 1.165) is 36.6 Å². The molecule has 1 saturated heterocycles. The second-order valence-corrected chi connectivity index (χ2v) is 6.88. The van der Waals surface area contributed by atoms with Crippen molar-refractivity contribution in [1.29, 1.82) is 0 Å². The zero-order valence-electron chi connectivity index (χ0n) is 12.4. The molecule has 0 radical (unpaired) electrons. The zero-order chi connectivity index (χ0) is 15.5. The van der Waals surface area contributed by atoms with Crippen molar-refractivity contribution in [2.45, 2.75) is 24.9 Å². The van der Waals surface area contributed by atoms with Crippen LogP contribution in [0.25, 0.3) is 0 Å². The average Bonchev–Trinajstić information content (AvgIpc) is 2.50. The summed E-state index contributed by atoms with van der Waals surface area (Å²) in [6, 6.07) is 16.5. The fraction of sp³-hybridized carbons (Fsp3) is 0.333. The van der Waals surface area contributed by atoms with E-state index in [0.29, 0.717) is 10.9 Å². The van der Waals surface area contributed by atoms with Gasteiger partial charge in [0.1, 0.15) is 0 Å². The highest BCUT2D eigenvalue weighted by Gasteiger charge is 2.26. The third kappa shape index (κ3) is 3.82.